The summed E-state index contributed by atoms with van der Waals surface area (Å²) >= 11 is 0. The molecule has 2 atom stereocenters. The average molecular weight is 282 g/mol. The van der Waals surface area contributed by atoms with Crippen LogP contribution in [0.3, 0.4) is 0 Å². The van der Waals surface area contributed by atoms with E-state index >= 15 is 0 Å². The van der Waals surface area contributed by atoms with E-state index in [1.165, 1.54) is 0 Å². The Morgan fingerprint density at radius 1 is 1.10 bits per heavy atom. The molecule has 0 amide bonds. The lowest BCUT2D eigenvalue weighted by atomic mass is 9.94. The minimum absolute atomic E-state index is 0.157. The first-order valence-corrected chi connectivity index (χ1v) is 7.29. The fraction of sp³-hybridized carbons (Fsp3) is 0.333. The smallest absolute Gasteiger partial charge is 0.132 e. The van der Waals surface area contributed by atoms with Crippen LogP contribution >= 0.6 is 0 Å². The first-order chi connectivity index (χ1) is 10.1. The molecular formula is C18H18O3. The van der Waals surface area contributed by atoms with E-state index in [1.54, 1.807) is 0 Å². The van der Waals surface area contributed by atoms with Crippen LogP contribution < -0.4 is 9.47 Å². The van der Waals surface area contributed by atoms with Crippen molar-refractivity contribution in [1.82, 2.24) is 0 Å². The summed E-state index contributed by atoms with van der Waals surface area (Å²) < 4.78 is 17.6. The summed E-state index contributed by atoms with van der Waals surface area (Å²) in [5.74, 6) is 1.76. The largest absolute Gasteiger partial charge is 0.489 e. The third-order valence-electron chi connectivity index (χ3n) is 4.09. The molecule has 0 bridgehead atoms. The predicted molar refractivity (Wildman–Crippen MR) is 79.5 cm³/mol. The van der Waals surface area contributed by atoms with Gasteiger partial charge in [0.25, 0.3) is 0 Å². The van der Waals surface area contributed by atoms with Crippen molar-refractivity contribution in [1.29, 1.82) is 0 Å². The van der Waals surface area contributed by atoms with E-state index in [1.807, 2.05) is 36.4 Å². The van der Waals surface area contributed by atoms with E-state index in [0.29, 0.717) is 6.61 Å². The Balaban J connectivity index is 1.53. The highest BCUT2D eigenvalue weighted by molar-refractivity contribution is 5.46. The number of epoxide rings is 1. The van der Waals surface area contributed by atoms with Crippen LogP contribution in [0.4, 0.5) is 0 Å². The Hall–Kier alpha value is -2.00. The molecule has 0 unspecified atom stereocenters. The zero-order chi connectivity index (χ0) is 14.4. The molecule has 2 heterocycles. The predicted octanol–water partition coefficient (Wildman–Crippen LogP) is 3.88. The molecule has 4 rings (SSSR count). The van der Waals surface area contributed by atoms with Gasteiger partial charge in [0.05, 0.1) is 0 Å². The zero-order valence-electron chi connectivity index (χ0n) is 12.2. The summed E-state index contributed by atoms with van der Waals surface area (Å²) in [7, 11) is 0. The van der Waals surface area contributed by atoms with Crippen LogP contribution in [0.25, 0.3) is 0 Å². The molecule has 108 valence electrons. The van der Waals surface area contributed by atoms with Crippen molar-refractivity contribution in [2.24, 2.45) is 0 Å². The van der Waals surface area contributed by atoms with Gasteiger partial charge in [0, 0.05) is 5.56 Å². The topological polar surface area (TPSA) is 31.0 Å². The maximum absolute atomic E-state index is 6.01. The average Bonchev–Trinajstić information content (AvgIpc) is 3.28. The van der Waals surface area contributed by atoms with E-state index in [-0.39, 0.29) is 17.8 Å². The second-order valence-corrected chi connectivity index (χ2v) is 6.16. The Morgan fingerprint density at radius 2 is 1.90 bits per heavy atom. The summed E-state index contributed by atoms with van der Waals surface area (Å²) in [6, 6.07) is 16.1. The standard InChI is InChI=1S/C18H18O3/c1-18(2)17-16(20-17)14-10-13(8-9-15(14)21-18)19-11-12-6-4-3-5-7-12/h3-10,16-17H,11H2,1-2H3/t16-,17-/m1/s1. The first kappa shape index (κ1) is 12.7. The second-order valence-electron chi connectivity index (χ2n) is 6.16. The summed E-state index contributed by atoms with van der Waals surface area (Å²) in [4.78, 5) is 0. The number of hydrogen-bond acceptors (Lipinski definition) is 3. The number of rotatable bonds is 3. The summed E-state index contributed by atoms with van der Waals surface area (Å²) in [5.41, 5.74) is 2.02. The van der Waals surface area contributed by atoms with Gasteiger partial charge in [0.2, 0.25) is 0 Å². The van der Waals surface area contributed by atoms with E-state index in [9.17, 15) is 0 Å². The van der Waals surface area contributed by atoms with Gasteiger partial charge in [-0.25, -0.2) is 0 Å². The van der Waals surface area contributed by atoms with Gasteiger partial charge in [-0.3, -0.25) is 0 Å². The quantitative estimate of drug-likeness (QED) is 0.801. The van der Waals surface area contributed by atoms with Crippen molar-refractivity contribution >= 4 is 0 Å². The molecule has 2 aliphatic heterocycles. The fourth-order valence-corrected chi connectivity index (χ4v) is 2.89. The van der Waals surface area contributed by atoms with Gasteiger partial charge in [-0.2, -0.15) is 0 Å². The van der Waals surface area contributed by atoms with Gasteiger partial charge in [0.15, 0.2) is 0 Å². The molecule has 1 saturated heterocycles. The molecule has 0 aliphatic carbocycles. The van der Waals surface area contributed by atoms with Gasteiger partial charge in [0.1, 0.15) is 35.9 Å². The minimum Gasteiger partial charge on any atom is -0.489 e. The van der Waals surface area contributed by atoms with Crippen molar-refractivity contribution in [3.05, 3.63) is 59.7 Å². The van der Waals surface area contributed by atoms with Crippen molar-refractivity contribution < 1.29 is 14.2 Å². The van der Waals surface area contributed by atoms with Crippen LogP contribution in [-0.2, 0) is 11.3 Å². The van der Waals surface area contributed by atoms with E-state index in [0.717, 1.165) is 22.6 Å². The van der Waals surface area contributed by atoms with Gasteiger partial charge in [-0.05, 0) is 37.6 Å². The monoisotopic (exact) mass is 282 g/mol. The lowest BCUT2D eigenvalue weighted by molar-refractivity contribution is 0.0724. The van der Waals surface area contributed by atoms with E-state index in [2.05, 4.69) is 26.0 Å². The van der Waals surface area contributed by atoms with Crippen LogP contribution in [-0.4, -0.2) is 11.7 Å². The van der Waals surface area contributed by atoms with Crippen LogP contribution in [0, 0.1) is 0 Å². The van der Waals surface area contributed by atoms with Gasteiger partial charge in [-0.15, -0.1) is 0 Å². The SMILES string of the molecule is CC1(C)Oc2ccc(OCc3ccccc3)cc2[C@H]2O[C@H]21. The number of fused-ring (bicyclic) bond motifs is 3. The molecule has 2 aliphatic rings. The lowest BCUT2D eigenvalue weighted by Gasteiger charge is -2.29. The third-order valence-corrected chi connectivity index (χ3v) is 4.09. The molecule has 1 fully saturated rings. The maximum Gasteiger partial charge on any atom is 0.132 e. The molecule has 3 heteroatoms. The molecule has 0 radical (unpaired) electrons. The van der Waals surface area contributed by atoms with Crippen molar-refractivity contribution in [2.75, 3.05) is 0 Å². The number of hydrogen-bond donors (Lipinski definition) is 0. The molecule has 2 aromatic rings. The van der Waals surface area contributed by atoms with Crippen LogP contribution in [0.15, 0.2) is 48.5 Å². The van der Waals surface area contributed by atoms with E-state index in [4.69, 9.17) is 14.2 Å². The van der Waals surface area contributed by atoms with Gasteiger partial charge >= 0.3 is 0 Å². The van der Waals surface area contributed by atoms with Crippen LogP contribution in [0.2, 0.25) is 0 Å². The zero-order valence-corrected chi connectivity index (χ0v) is 12.2. The Kier molecular flexibility index (Phi) is 2.73. The molecular weight excluding hydrogens is 264 g/mol. The molecule has 3 nitrogen and oxygen atoms in total. The Labute approximate surface area is 124 Å². The highest BCUT2D eigenvalue weighted by Crippen LogP contribution is 2.54. The second kappa shape index (κ2) is 4.50. The molecule has 0 saturated carbocycles. The first-order valence-electron chi connectivity index (χ1n) is 7.29. The lowest BCUT2D eigenvalue weighted by Crippen LogP contribution is -2.37. The van der Waals surface area contributed by atoms with Crippen molar-refractivity contribution in [2.45, 2.75) is 38.3 Å². The van der Waals surface area contributed by atoms with Crippen LogP contribution in [0.5, 0.6) is 11.5 Å². The molecule has 0 spiro atoms. The Bertz CT molecular complexity index is 663. The van der Waals surface area contributed by atoms with Gasteiger partial charge < -0.3 is 14.2 Å². The molecule has 2 aromatic carbocycles. The summed E-state index contributed by atoms with van der Waals surface area (Å²) in [6.45, 7) is 4.71. The fourth-order valence-electron chi connectivity index (χ4n) is 2.89. The highest BCUT2D eigenvalue weighted by atomic mass is 16.6. The van der Waals surface area contributed by atoms with Gasteiger partial charge in [-0.1, -0.05) is 30.3 Å². The van der Waals surface area contributed by atoms with E-state index < -0.39 is 0 Å². The molecule has 0 N–H and O–H groups in total. The Morgan fingerprint density at radius 3 is 2.71 bits per heavy atom. The number of ether oxygens (including phenoxy) is 3. The maximum atomic E-state index is 6.01. The van der Waals surface area contributed by atoms with Crippen LogP contribution in [0.1, 0.15) is 31.1 Å². The molecule has 0 aromatic heterocycles. The summed E-state index contributed by atoms with van der Waals surface area (Å²) in [6.07, 6.45) is 0.318. The van der Waals surface area contributed by atoms with Crippen molar-refractivity contribution in [3.63, 3.8) is 0 Å². The third kappa shape index (κ3) is 2.28. The highest BCUT2D eigenvalue weighted by Gasteiger charge is 2.56. The normalized spacial score (nSPS) is 24.5. The van der Waals surface area contributed by atoms with Crippen molar-refractivity contribution in [3.8, 4) is 11.5 Å². The number of benzene rings is 2. The minimum atomic E-state index is -0.246. The molecule has 21 heavy (non-hydrogen) atoms. The summed E-state index contributed by atoms with van der Waals surface area (Å²) in [5, 5.41) is 0.